The lowest BCUT2D eigenvalue weighted by Crippen LogP contribution is -2.09. The average Bonchev–Trinajstić information content (AvgIpc) is 2.72. The van der Waals surface area contributed by atoms with Gasteiger partial charge in [-0.1, -0.05) is 12.1 Å². The van der Waals surface area contributed by atoms with Gasteiger partial charge in [0.2, 0.25) is 0 Å². The van der Waals surface area contributed by atoms with Crippen LogP contribution in [0.1, 0.15) is 5.69 Å². The first-order valence-corrected chi connectivity index (χ1v) is 4.86. The van der Waals surface area contributed by atoms with Crippen LogP contribution in [0, 0.1) is 0 Å². The third-order valence-electron chi connectivity index (χ3n) is 2.52. The Bertz CT molecular complexity index is 700. The number of para-hydroxylation sites is 2. The van der Waals surface area contributed by atoms with Crippen molar-refractivity contribution in [2.75, 3.05) is 0 Å². The highest BCUT2D eigenvalue weighted by Crippen LogP contribution is 2.31. The molecule has 0 saturated carbocycles. The van der Waals surface area contributed by atoms with Gasteiger partial charge in [-0.05, 0) is 12.1 Å². The number of rotatable bonds is 0. The molecule has 0 unspecified atom stereocenters. The van der Waals surface area contributed by atoms with Gasteiger partial charge in [0.15, 0.2) is 5.65 Å². The third-order valence-corrected chi connectivity index (χ3v) is 2.52. The van der Waals surface area contributed by atoms with Crippen molar-refractivity contribution in [2.45, 2.75) is 6.18 Å². The smallest absolute Gasteiger partial charge is 0.285 e. The number of hydrogen-bond donors (Lipinski definition) is 0. The molecular formula is C11H6F3N3. The number of halogens is 3. The Hall–Kier alpha value is -2.11. The molecule has 1 aromatic carbocycles. The van der Waals surface area contributed by atoms with Crippen LogP contribution in [-0.2, 0) is 6.18 Å². The summed E-state index contributed by atoms with van der Waals surface area (Å²) in [6.45, 7) is 0. The molecule has 0 fully saturated rings. The van der Waals surface area contributed by atoms with Gasteiger partial charge in [-0.15, -0.1) is 0 Å². The molecule has 0 aliphatic carbocycles. The van der Waals surface area contributed by atoms with Crippen LogP contribution < -0.4 is 0 Å². The molecule has 0 saturated heterocycles. The molecule has 0 amide bonds. The van der Waals surface area contributed by atoms with E-state index in [4.69, 9.17) is 0 Å². The maximum absolute atomic E-state index is 12.8. The van der Waals surface area contributed by atoms with Gasteiger partial charge >= 0.3 is 6.18 Å². The Balaban J connectivity index is 2.51. The fourth-order valence-electron chi connectivity index (χ4n) is 1.80. The van der Waals surface area contributed by atoms with Crippen LogP contribution in [0.5, 0.6) is 0 Å². The van der Waals surface area contributed by atoms with E-state index < -0.39 is 11.9 Å². The fourth-order valence-corrected chi connectivity index (χ4v) is 1.80. The van der Waals surface area contributed by atoms with Crippen LogP contribution in [0.4, 0.5) is 13.2 Å². The second kappa shape index (κ2) is 3.19. The minimum Gasteiger partial charge on any atom is -0.285 e. The monoisotopic (exact) mass is 237 g/mol. The molecule has 3 rings (SSSR count). The van der Waals surface area contributed by atoms with Gasteiger partial charge in [0.1, 0.15) is 5.69 Å². The van der Waals surface area contributed by atoms with Crippen molar-refractivity contribution in [3.63, 3.8) is 0 Å². The van der Waals surface area contributed by atoms with Crippen molar-refractivity contribution < 1.29 is 13.2 Å². The summed E-state index contributed by atoms with van der Waals surface area (Å²) in [4.78, 5) is 7.77. The average molecular weight is 237 g/mol. The lowest BCUT2D eigenvalue weighted by atomic mass is 10.3. The van der Waals surface area contributed by atoms with E-state index in [-0.39, 0.29) is 5.65 Å². The first kappa shape index (κ1) is 10.1. The summed E-state index contributed by atoms with van der Waals surface area (Å²) in [6.07, 6.45) is -2.27. The standard InChI is InChI=1S/C11H6F3N3/c12-11(13,14)9-5-16-10-6-15-7-3-1-2-4-8(7)17(9)10/h1-6H. The molecule has 0 aliphatic heterocycles. The zero-order valence-electron chi connectivity index (χ0n) is 8.44. The van der Waals surface area contributed by atoms with Gasteiger partial charge in [-0.3, -0.25) is 9.38 Å². The molecule has 0 spiro atoms. The number of benzene rings is 1. The van der Waals surface area contributed by atoms with E-state index in [1.807, 2.05) is 0 Å². The van der Waals surface area contributed by atoms with Crippen LogP contribution in [0.15, 0.2) is 36.7 Å². The van der Waals surface area contributed by atoms with Crippen molar-refractivity contribution >= 4 is 16.7 Å². The molecule has 3 nitrogen and oxygen atoms in total. The van der Waals surface area contributed by atoms with Crippen LogP contribution in [-0.4, -0.2) is 14.4 Å². The molecule has 0 radical (unpaired) electrons. The van der Waals surface area contributed by atoms with Crippen LogP contribution >= 0.6 is 0 Å². The number of hydrogen-bond acceptors (Lipinski definition) is 2. The number of fused-ring (bicyclic) bond motifs is 3. The van der Waals surface area contributed by atoms with E-state index in [9.17, 15) is 13.2 Å². The second-order valence-corrected chi connectivity index (χ2v) is 3.58. The number of nitrogens with zero attached hydrogens (tertiary/aromatic N) is 3. The molecule has 0 atom stereocenters. The Morgan fingerprint density at radius 1 is 1.00 bits per heavy atom. The van der Waals surface area contributed by atoms with E-state index in [0.29, 0.717) is 11.0 Å². The Morgan fingerprint density at radius 2 is 1.76 bits per heavy atom. The van der Waals surface area contributed by atoms with Crippen LogP contribution in [0.3, 0.4) is 0 Å². The van der Waals surface area contributed by atoms with E-state index in [1.54, 1.807) is 24.3 Å². The predicted octanol–water partition coefficient (Wildman–Crippen LogP) is 2.90. The molecule has 17 heavy (non-hydrogen) atoms. The van der Waals surface area contributed by atoms with E-state index in [1.165, 1.54) is 6.20 Å². The molecule has 0 bridgehead atoms. The normalized spacial score (nSPS) is 12.4. The van der Waals surface area contributed by atoms with Crippen molar-refractivity contribution in [2.24, 2.45) is 0 Å². The topological polar surface area (TPSA) is 30.2 Å². The molecule has 2 heterocycles. The van der Waals surface area contributed by atoms with Gasteiger partial charge in [0, 0.05) is 0 Å². The van der Waals surface area contributed by atoms with E-state index >= 15 is 0 Å². The zero-order chi connectivity index (χ0) is 12.0. The summed E-state index contributed by atoms with van der Waals surface area (Å²) in [7, 11) is 0. The lowest BCUT2D eigenvalue weighted by Gasteiger charge is -2.08. The highest BCUT2D eigenvalue weighted by molar-refractivity contribution is 5.77. The number of aromatic nitrogens is 3. The number of imidazole rings is 1. The van der Waals surface area contributed by atoms with Crippen molar-refractivity contribution in [3.05, 3.63) is 42.4 Å². The Labute approximate surface area is 93.5 Å². The summed E-state index contributed by atoms with van der Waals surface area (Å²) in [5.41, 5.74) is 0.306. The van der Waals surface area contributed by atoms with Crippen molar-refractivity contribution in [1.29, 1.82) is 0 Å². The van der Waals surface area contributed by atoms with E-state index in [0.717, 1.165) is 10.6 Å². The van der Waals surface area contributed by atoms with Gasteiger partial charge in [-0.25, -0.2) is 4.98 Å². The predicted molar refractivity (Wildman–Crippen MR) is 55.5 cm³/mol. The van der Waals surface area contributed by atoms with Gasteiger partial charge in [0.25, 0.3) is 0 Å². The largest absolute Gasteiger partial charge is 0.433 e. The van der Waals surface area contributed by atoms with Crippen molar-refractivity contribution in [1.82, 2.24) is 14.4 Å². The van der Waals surface area contributed by atoms with Gasteiger partial charge < -0.3 is 0 Å². The maximum atomic E-state index is 12.8. The lowest BCUT2D eigenvalue weighted by molar-refractivity contribution is -0.141. The highest BCUT2D eigenvalue weighted by atomic mass is 19.4. The van der Waals surface area contributed by atoms with Crippen molar-refractivity contribution in [3.8, 4) is 0 Å². The zero-order valence-corrected chi connectivity index (χ0v) is 8.44. The summed E-state index contributed by atoms with van der Waals surface area (Å²) in [5, 5.41) is 0. The number of alkyl halides is 3. The highest BCUT2D eigenvalue weighted by Gasteiger charge is 2.35. The minimum atomic E-state index is -4.43. The third kappa shape index (κ3) is 1.44. The Kier molecular flexibility index (Phi) is 1.89. The summed E-state index contributed by atoms with van der Waals surface area (Å²) in [5.74, 6) is 0. The van der Waals surface area contributed by atoms with Crippen LogP contribution in [0.2, 0.25) is 0 Å². The summed E-state index contributed by atoms with van der Waals surface area (Å²) in [6, 6.07) is 6.65. The molecule has 0 aliphatic rings. The summed E-state index contributed by atoms with van der Waals surface area (Å²) >= 11 is 0. The molecule has 3 aromatic rings. The van der Waals surface area contributed by atoms with E-state index in [2.05, 4.69) is 9.97 Å². The second-order valence-electron chi connectivity index (χ2n) is 3.58. The Morgan fingerprint density at radius 3 is 2.53 bits per heavy atom. The van der Waals surface area contributed by atoms with Crippen LogP contribution in [0.25, 0.3) is 16.7 Å². The molecule has 86 valence electrons. The molecular weight excluding hydrogens is 231 g/mol. The van der Waals surface area contributed by atoms with Gasteiger partial charge in [-0.2, -0.15) is 13.2 Å². The summed E-state index contributed by atoms with van der Waals surface area (Å²) < 4.78 is 39.5. The first-order chi connectivity index (χ1) is 8.07. The quantitative estimate of drug-likeness (QED) is 0.601. The minimum absolute atomic E-state index is 0.191. The maximum Gasteiger partial charge on any atom is 0.433 e. The SMILES string of the molecule is FC(F)(F)c1cnc2cnc3ccccc3n12. The molecule has 2 aromatic heterocycles. The fraction of sp³-hybridized carbons (Fsp3) is 0.0909. The molecule has 6 heteroatoms. The molecule has 0 N–H and O–H groups in total. The van der Waals surface area contributed by atoms with Gasteiger partial charge in [0.05, 0.1) is 23.4 Å². The first-order valence-electron chi connectivity index (χ1n) is 4.86.